The first-order valence-electron chi connectivity index (χ1n) is 3.40. The molecule has 4 nitrogen and oxygen atoms in total. The summed E-state index contributed by atoms with van der Waals surface area (Å²) in [6.45, 7) is 0. The zero-order valence-corrected chi connectivity index (χ0v) is 6.59. The van der Waals surface area contributed by atoms with Gasteiger partial charge in [0.05, 0.1) is 5.57 Å². The van der Waals surface area contributed by atoms with Crippen molar-refractivity contribution in [2.75, 3.05) is 0 Å². The van der Waals surface area contributed by atoms with E-state index in [0.717, 1.165) is 0 Å². The van der Waals surface area contributed by atoms with Crippen molar-refractivity contribution in [3.05, 3.63) is 23.0 Å². The summed E-state index contributed by atoms with van der Waals surface area (Å²) in [5.41, 5.74) is -1.26. The van der Waals surface area contributed by atoms with E-state index in [1.807, 2.05) is 0 Å². The molecule has 0 bridgehead atoms. The summed E-state index contributed by atoms with van der Waals surface area (Å²) >= 11 is 0. The average Bonchev–Trinajstić information content (AvgIpc) is 2.08. The molecule has 1 aliphatic carbocycles. The molecule has 1 rings (SSSR count). The first kappa shape index (κ1) is 10.6. The third-order valence-corrected chi connectivity index (χ3v) is 1.70. The van der Waals surface area contributed by atoms with Crippen molar-refractivity contribution < 1.29 is 33.3 Å². The number of hydrogen-bond donors (Lipinski definition) is 3. The lowest BCUT2D eigenvalue weighted by Crippen LogP contribution is -2.31. The van der Waals surface area contributed by atoms with Gasteiger partial charge in [-0.05, 0) is 0 Å². The van der Waals surface area contributed by atoms with Gasteiger partial charge in [0, 0.05) is 6.42 Å². The molecule has 3 N–H and O–H groups in total. The lowest BCUT2D eigenvalue weighted by Gasteiger charge is -2.22. The number of alkyl halides is 1. The Kier molecular flexibility index (Phi) is 2.28. The number of carboxylic acid groups (broad SMARTS) is 1. The van der Waals surface area contributed by atoms with E-state index in [1.165, 1.54) is 0 Å². The summed E-state index contributed by atoms with van der Waals surface area (Å²) in [6.07, 6.45) is -1.34. The molecule has 0 fully saturated rings. The number of hydrogen-bond acceptors (Lipinski definition) is 3. The fraction of sp³-hybridized carbons (Fsp3) is 0.286. The number of allylic oxidation sites excluding steroid dienone is 2. The fourth-order valence-electron chi connectivity index (χ4n) is 0.970. The summed E-state index contributed by atoms with van der Waals surface area (Å²) in [5.74, 6) is -11.3. The van der Waals surface area contributed by atoms with Crippen LogP contribution in [-0.4, -0.2) is 27.1 Å². The van der Waals surface area contributed by atoms with Crippen LogP contribution in [0, 0.1) is 0 Å². The standard InChI is InChI=1S/C7H5F3O4/c8-3-2(6(12)13)1-7(10,14)5(11)4(3)9/h11,14H,1H2,(H,12,13). The maximum absolute atomic E-state index is 12.8. The van der Waals surface area contributed by atoms with Crippen molar-refractivity contribution >= 4 is 5.97 Å². The third kappa shape index (κ3) is 1.46. The van der Waals surface area contributed by atoms with Gasteiger partial charge in [-0.1, -0.05) is 0 Å². The van der Waals surface area contributed by atoms with E-state index < -0.39 is 41.2 Å². The Hall–Kier alpha value is -1.50. The Balaban J connectivity index is 3.30. The molecule has 0 spiro atoms. The summed E-state index contributed by atoms with van der Waals surface area (Å²) in [7, 11) is 0. The smallest absolute Gasteiger partial charge is 0.334 e. The highest BCUT2D eigenvalue weighted by molar-refractivity contribution is 5.88. The van der Waals surface area contributed by atoms with Crippen molar-refractivity contribution in [3.63, 3.8) is 0 Å². The molecule has 14 heavy (non-hydrogen) atoms. The minimum atomic E-state index is -3.58. The second-order valence-electron chi connectivity index (χ2n) is 2.70. The largest absolute Gasteiger partial charge is 0.504 e. The number of rotatable bonds is 1. The zero-order valence-electron chi connectivity index (χ0n) is 6.59. The van der Waals surface area contributed by atoms with Crippen LogP contribution in [0.1, 0.15) is 6.42 Å². The topological polar surface area (TPSA) is 77.8 Å². The van der Waals surface area contributed by atoms with E-state index in [0.29, 0.717) is 0 Å². The molecule has 0 aromatic rings. The Bertz CT molecular complexity index is 356. The van der Waals surface area contributed by atoms with E-state index in [-0.39, 0.29) is 0 Å². The maximum Gasteiger partial charge on any atom is 0.334 e. The molecule has 0 saturated carbocycles. The maximum atomic E-state index is 12.8. The molecule has 78 valence electrons. The minimum Gasteiger partial charge on any atom is -0.504 e. The number of carbonyl (C=O) groups is 1. The first-order chi connectivity index (χ1) is 6.27. The van der Waals surface area contributed by atoms with E-state index >= 15 is 0 Å². The Morgan fingerprint density at radius 2 is 1.86 bits per heavy atom. The van der Waals surface area contributed by atoms with Crippen LogP contribution < -0.4 is 0 Å². The molecule has 0 radical (unpaired) electrons. The van der Waals surface area contributed by atoms with Gasteiger partial charge in [-0.2, -0.15) is 4.39 Å². The molecular formula is C7H5F3O4. The van der Waals surface area contributed by atoms with Crippen molar-refractivity contribution in [2.45, 2.75) is 12.3 Å². The van der Waals surface area contributed by atoms with Crippen LogP contribution in [-0.2, 0) is 4.79 Å². The quantitative estimate of drug-likeness (QED) is 0.605. The van der Waals surface area contributed by atoms with Crippen LogP contribution in [0.4, 0.5) is 13.2 Å². The molecule has 7 heteroatoms. The predicted molar refractivity (Wildman–Crippen MR) is 37.2 cm³/mol. The number of aliphatic hydroxyl groups is 2. The van der Waals surface area contributed by atoms with Gasteiger partial charge in [-0.3, -0.25) is 0 Å². The van der Waals surface area contributed by atoms with Gasteiger partial charge in [-0.25, -0.2) is 13.6 Å². The number of aliphatic carboxylic acids is 1. The molecule has 0 aliphatic heterocycles. The van der Waals surface area contributed by atoms with Crippen LogP contribution >= 0.6 is 0 Å². The van der Waals surface area contributed by atoms with Crippen molar-refractivity contribution in [1.82, 2.24) is 0 Å². The second-order valence-corrected chi connectivity index (χ2v) is 2.70. The fourth-order valence-corrected chi connectivity index (χ4v) is 0.970. The highest BCUT2D eigenvalue weighted by Crippen LogP contribution is 2.38. The van der Waals surface area contributed by atoms with Crippen molar-refractivity contribution in [3.8, 4) is 0 Å². The molecule has 0 heterocycles. The number of carboxylic acids is 1. The Morgan fingerprint density at radius 3 is 2.29 bits per heavy atom. The highest BCUT2D eigenvalue weighted by atomic mass is 19.2. The Labute approximate surface area is 75.6 Å². The number of aliphatic hydroxyl groups excluding tert-OH is 1. The zero-order chi connectivity index (χ0) is 11.1. The van der Waals surface area contributed by atoms with Gasteiger partial charge in [0.25, 0.3) is 5.85 Å². The van der Waals surface area contributed by atoms with Gasteiger partial charge in [0.1, 0.15) is 0 Å². The van der Waals surface area contributed by atoms with E-state index in [1.54, 1.807) is 0 Å². The van der Waals surface area contributed by atoms with Crippen LogP contribution in [0.3, 0.4) is 0 Å². The summed E-state index contributed by atoms with van der Waals surface area (Å²) in [4.78, 5) is 10.3. The van der Waals surface area contributed by atoms with Crippen LogP contribution in [0.5, 0.6) is 0 Å². The predicted octanol–water partition coefficient (Wildman–Crippen LogP) is 1.10. The molecule has 0 aromatic heterocycles. The van der Waals surface area contributed by atoms with Gasteiger partial charge < -0.3 is 15.3 Å². The molecule has 0 aromatic carbocycles. The van der Waals surface area contributed by atoms with Gasteiger partial charge >= 0.3 is 5.97 Å². The van der Waals surface area contributed by atoms with E-state index in [2.05, 4.69) is 0 Å². The highest BCUT2D eigenvalue weighted by Gasteiger charge is 2.44. The number of halogens is 3. The lowest BCUT2D eigenvalue weighted by molar-refractivity contribution is -0.136. The molecule has 0 amide bonds. The molecule has 1 aliphatic rings. The molecule has 0 saturated heterocycles. The summed E-state index contributed by atoms with van der Waals surface area (Å²) in [5, 5.41) is 25.6. The monoisotopic (exact) mass is 210 g/mol. The first-order valence-corrected chi connectivity index (χ1v) is 3.40. The summed E-state index contributed by atoms with van der Waals surface area (Å²) < 4.78 is 38.2. The van der Waals surface area contributed by atoms with Crippen LogP contribution in [0.25, 0.3) is 0 Å². The van der Waals surface area contributed by atoms with E-state index in [4.69, 9.17) is 15.3 Å². The van der Waals surface area contributed by atoms with E-state index in [9.17, 15) is 18.0 Å². The minimum absolute atomic E-state index is 1.26. The third-order valence-electron chi connectivity index (χ3n) is 1.70. The van der Waals surface area contributed by atoms with Gasteiger partial charge in [-0.15, -0.1) is 0 Å². The Morgan fingerprint density at radius 1 is 1.36 bits per heavy atom. The van der Waals surface area contributed by atoms with Crippen LogP contribution in [0.2, 0.25) is 0 Å². The molecule has 1 atom stereocenters. The van der Waals surface area contributed by atoms with Crippen molar-refractivity contribution in [1.29, 1.82) is 0 Å². The van der Waals surface area contributed by atoms with Gasteiger partial charge in [0.2, 0.25) is 5.83 Å². The lowest BCUT2D eigenvalue weighted by atomic mass is 9.97. The summed E-state index contributed by atoms with van der Waals surface area (Å²) in [6, 6.07) is 0. The second kappa shape index (κ2) is 3.02. The molecule has 1 unspecified atom stereocenters. The van der Waals surface area contributed by atoms with Gasteiger partial charge in [0.15, 0.2) is 11.6 Å². The molecular weight excluding hydrogens is 205 g/mol. The average molecular weight is 210 g/mol. The van der Waals surface area contributed by atoms with Crippen LogP contribution in [0.15, 0.2) is 23.0 Å². The van der Waals surface area contributed by atoms with Crippen molar-refractivity contribution in [2.24, 2.45) is 0 Å². The SMILES string of the molecule is O=C(O)C1=C(F)C(F)=C(O)C(O)(F)C1. The normalized spacial score (nSPS) is 28.3.